The zero-order valence-electron chi connectivity index (χ0n) is 16.2. The minimum absolute atomic E-state index is 0.101. The summed E-state index contributed by atoms with van der Waals surface area (Å²) in [7, 11) is -3.91. The summed E-state index contributed by atoms with van der Waals surface area (Å²) >= 11 is 0. The summed E-state index contributed by atoms with van der Waals surface area (Å²) in [5.74, 6) is -0.327. The normalized spacial score (nSPS) is 11.3. The van der Waals surface area contributed by atoms with E-state index in [1.54, 1.807) is 30.3 Å². The SMILES string of the molecule is CCc1ccc(N)cc1S(=O)(=O)c1c(NC(C)=O)cccc1N(CC)CC. The van der Waals surface area contributed by atoms with E-state index >= 15 is 0 Å². The molecule has 0 unspecified atom stereocenters. The number of carbonyl (C=O) groups excluding carboxylic acids is 1. The van der Waals surface area contributed by atoms with Gasteiger partial charge in [0.05, 0.1) is 16.3 Å². The van der Waals surface area contributed by atoms with Crippen molar-refractivity contribution in [3.8, 4) is 0 Å². The Morgan fingerprint density at radius 2 is 1.78 bits per heavy atom. The average molecular weight is 390 g/mol. The van der Waals surface area contributed by atoms with Gasteiger partial charge in [0.2, 0.25) is 15.7 Å². The second-order valence-corrected chi connectivity index (χ2v) is 8.09. The van der Waals surface area contributed by atoms with E-state index in [1.165, 1.54) is 13.0 Å². The van der Waals surface area contributed by atoms with E-state index in [-0.39, 0.29) is 21.4 Å². The fourth-order valence-corrected chi connectivity index (χ4v) is 5.08. The number of aryl methyl sites for hydroxylation is 1. The molecular formula is C20H27N3O3S. The maximum Gasteiger partial charge on any atom is 0.221 e. The molecule has 0 saturated carbocycles. The number of nitrogens with one attached hydrogen (secondary N) is 1. The number of nitrogen functional groups attached to an aromatic ring is 1. The Labute approximate surface area is 161 Å². The molecule has 7 heteroatoms. The van der Waals surface area contributed by atoms with Crippen LogP contribution in [0.25, 0.3) is 0 Å². The summed E-state index contributed by atoms with van der Waals surface area (Å²) < 4.78 is 27.4. The van der Waals surface area contributed by atoms with Crippen molar-refractivity contribution >= 4 is 32.8 Å². The molecule has 0 aliphatic carbocycles. The Hall–Kier alpha value is -2.54. The number of hydrogen-bond acceptors (Lipinski definition) is 5. The van der Waals surface area contributed by atoms with Crippen LogP contribution in [0.2, 0.25) is 0 Å². The number of nitrogens with zero attached hydrogens (tertiary/aromatic N) is 1. The highest BCUT2D eigenvalue weighted by Gasteiger charge is 2.29. The molecule has 0 fully saturated rings. The lowest BCUT2D eigenvalue weighted by Gasteiger charge is -2.26. The van der Waals surface area contributed by atoms with Crippen molar-refractivity contribution in [3.05, 3.63) is 42.0 Å². The standard InChI is InChI=1S/C20H27N3O3S/c1-5-15-11-12-16(21)13-19(15)27(25,26)20-17(22-14(4)24)9-8-10-18(20)23(6-2)7-3/h8-13H,5-7,21H2,1-4H3,(H,22,24). The average Bonchev–Trinajstić information content (AvgIpc) is 2.62. The molecule has 0 aliphatic rings. The van der Waals surface area contributed by atoms with Gasteiger partial charge in [-0.3, -0.25) is 4.79 Å². The van der Waals surface area contributed by atoms with Gasteiger partial charge in [-0.05, 0) is 50.1 Å². The van der Waals surface area contributed by atoms with Crippen molar-refractivity contribution in [3.63, 3.8) is 0 Å². The van der Waals surface area contributed by atoms with Crippen molar-refractivity contribution in [2.24, 2.45) is 0 Å². The molecule has 0 aromatic heterocycles. The molecule has 6 nitrogen and oxygen atoms in total. The van der Waals surface area contributed by atoms with Gasteiger partial charge in [0.15, 0.2) is 0 Å². The molecule has 0 heterocycles. The monoisotopic (exact) mass is 389 g/mol. The van der Waals surface area contributed by atoms with E-state index in [4.69, 9.17) is 5.73 Å². The molecule has 1 amide bonds. The number of sulfone groups is 1. The molecule has 3 N–H and O–H groups in total. The molecule has 0 aliphatic heterocycles. The van der Waals surface area contributed by atoms with E-state index in [2.05, 4.69) is 5.32 Å². The molecular weight excluding hydrogens is 362 g/mol. The Morgan fingerprint density at radius 3 is 2.33 bits per heavy atom. The summed E-state index contributed by atoms with van der Waals surface area (Å²) in [4.78, 5) is 13.9. The zero-order valence-corrected chi connectivity index (χ0v) is 17.1. The Balaban J connectivity index is 2.85. The lowest BCUT2D eigenvalue weighted by atomic mass is 10.1. The van der Waals surface area contributed by atoms with Gasteiger partial charge < -0.3 is 16.0 Å². The van der Waals surface area contributed by atoms with Gasteiger partial charge in [-0.25, -0.2) is 8.42 Å². The van der Waals surface area contributed by atoms with Gasteiger partial charge in [-0.1, -0.05) is 19.1 Å². The van der Waals surface area contributed by atoms with Crippen LogP contribution in [0.1, 0.15) is 33.3 Å². The van der Waals surface area contributed by atoms with Crippen LogP contribution in [0, 0.1) is 0 Å². The van der Waals surface area contributed by atoms with Gasteiger partial charge in [-0.2, -0.15) is 0 Å². The van der Waals surface area contributed by atoms with Crippen LogP contribution in [0.5, 0.6) is 0 Å². The third kappa shape index (κ3) is 4.24. The largest absolute Gasteiger partial charge is 0.399 e. The molecule has 0 bridgehead atoms. The van der Waals surface area contributed by atoms with Crippen LogP contribution in [0.3, 0.4) is 0 Å². The first-order valence-electron chi connectivity index (χ1n) is 9.05. The Bertz CT molecular complexity index is 935. The van der Waals surface area contributed by atoms with Crippen LogP contribution < -0.4 is 16.0 Å². The third-order valence-corrected chi connectivity index (χ3v) is 6.37. The molecule has 27 heavy (non-hydrogen) atoms. The summed E-state index contributed by atoms with van der Waals surface area (Å²) in [6, 6.07) is 10.0. The van der Waals surface area contributed by atoms with Crippen LogP contribution in [-0.4, -0.2) is 27.4 Å². The third-order valence-electron chi connectivity index (χ3n) is 4.44. The van der Waals surface area contributed by atoms with Gasteiger partial charge >= 0.3 is 0 Å². The molecule has 2 rings (SSSR count). The quantitative estimate of drug-likeness (QED) is 0.708. The van der Waals surface area contributed by atoms with E-state index in [9.17, 15) is 13.2 Å². The van der Waals surface area contributed by atoms with E-state index in [0.29, 0.717) is 36.4 Å². The minimum Gasteiger partial charge on any atom is -0.399 e. The van der Waals surface area contributed by atoms with E-state index < -0.39 is 9.84 Å². The van der Waals surface area contributed by atoms with Crippen molar-refractivity contribution < 1.29 is 13.2 Å². The molecule has 2 aromatic rings. The number of carbonyl (C=O) groups is 1. The Kier molecular flexibility index (Phi) is 6.49. The lowest BCUT2D eigenvalue weighted by Crippen LogP contribution is -2.25. The molecule has 146 valence electrons. The maximum absolute atomic E-state index is 13.7. The fourth-order valence-electron chi connectivity index (χ4n) is 3.13. The first-order valence-corrected chi connectivity index (χ1v) is 10.5. The second-order valence-electron chi connectivity index (χ2n) is 6.23. The smallest absolute Gasteiger partial charge is 0.221 e. The molecule has 0 spiro atoms. The number of amides is 1. The summed E-state index contributed by atoms with van der Waals surface area (Å²) in [5, 5.41) is 2.67. The van der Waals surface area contributed by atoms with E-state index in [0.717, 1.165) is 0 Å². The summed E-state index contributed by atoms with van der Waals surface area (Å²) in [6.07, 6.45) is 0.553. The second kappa shape index (κ2) is 8.43. The number of benzene rings is 2. The zero-order chi connectivity index (χ0) is 20.2. The Morgan fingerprint density at radius 1 is 1.11 bits per heavy atom. The highest BCUT2D eigenvalue weighted by Crippen LogP contribution is 2.38. The number of rotatable bonds is 7. The van der Waals surface area contributed by atoms with Gasteiger partial charge in [-0.15, -0.1) is 0 Å². The van der Waals surface area contributed by atoms with Crippen molar-refractivity contribution in [1.29, 1.82) is 0 Å². The van der Waals surface area contributed by atoms with Crippen molar-refractivity contribution in [1.82, 2.24) is 0 Å². The number of nitrogens with two attached hydrogens (primary N) is 1. The van der Waals surface area contributed by atoms with Crippen LogP contribution in [0.4, 0.5) is 17.1 Å². The number of anilines is 3. The topological polar surface area (TPSA) is 92.5 Å². The van der Waals surface area contributed by atoms with Crippen LogP contribution in [0.15, 0.2) is 46.2 Å². The van der Waals surface area contributed by atoms with Crippen molar-refractivity contribution in [2.45, 2.75) is 43.9 Å². The summed E-state index contributed by atoms with van der Waals surface area (Å²) in [5.41, 5.74) is 7.79. The fraction of sp³-hybridized carbons (Fsp3) is 0.350. The molecule has 0 atom stereocenters. The molecule has 0 radical (unpaired) electrons. The van der Waals surface area contributed by atoms with Crippen molar-refractivity contribution in [2.75, 3.05) is 29.0 Å². The highest BCUT2D eigenvalue weighted by molar-refractivity contribution is 7.92. The highest BCUT2D eigenvalue weighted by atomic mass is 32.2. The van der Waals surface area contributed by atoms with E-state index in [1.807, 2.05) is 25.7 Å². The first-order chi connectivity index (χ1) is 12.8. The van der Waals surface area contributed by atoms with Gasteiger partial charge in [0, 0.05) is 25.7 Å². The van der Waals surface area contributed by atoms with Crippen LogP contribution in [-0.2, 0) is 21.1 Å². The molecule has 0 saturated heterocycles. The minimum atomic E-state index is -3.91. The summed E-state index contributed by atoms with van der Waals surface area (Å²) in [6.45, 7) is 8.46. The van der Waals surface area contributed by atoms with Crippen LogP contribution >= 0.6 is 0 Å². The molecule has 2 aromatic carbocycles. The van der Waals surface area contributed by atoms with Gasteiger partial charge in [0.1, 0.15) is 4.90 Å². The maximum atomic E-state index is 13.7. The predicted molar refractivity (Wildman–Crippen MR) is 110 cm³/mol. The predicted octanol–water partition coefficient (Wildman–Crippen LogP) is 3.47. The van der Waals surface area contributed by atoms with Gasteiger partial charge in [0.25, 0.3) is 0 Å². The number of hydrogen-bond donors (Lipinski definition) is 2. The lowest BCUT2D eigenvalue weighted by molar-refractivity contribution is -0.114. The first kappa shape index (κ1) is 20.8.